The van der Waals surface area contributed by atoms with Crippen LogP contribution in [0, 0.1) is 5.92 Å². The third-order valence-corrected chi connectivity index (χ3v) is 3.56. The lowest BCUT2D eigenvalue weighted by molar-refractivity contribution is 0.660. The van der Waals surface area contributed by atoms with Gasteiger partial charge in [0.05, 0.1) is 0 Å². The van der Waals surface area contributed by atoms with Gasteiger partial charge in [0.15, 0.2) is 0 Å². The van der Waals surface area contributed by atoms with Crippen LogP contribution in [0.5, 0.6) is 0 Å². The van der Waals surface area contributed by atoms with E-state index in [0.717, 1.165) is 19.0 Å². The minimum Gasteiger partial charge on any atom is -0.241 e. The van der Waals surface area contributed by atoms with Crippen molar-refractivity contribution < 1.29 is 0 Å². The molecule has 1 aliphatic rings. The Morgan fingerprint density at radius 3 is 2.85 bits per heavy atom. The molecular weight excluding hydrogens is 178 g/mol. The first kappa shape index (κ1) is 9.10. The Morgan fingerprint density at radius 1 is 1.31 bits per heavy atom. The zero-order valence-electron chi connectivity index (χ0n) is 7.65. The van der Waals surface area contributed by atoms with Gasteiger partial charge in [0, 0.05) is 23.7 Å². The molecule has 1 heterocycles. The Labute approximate surface area is 83.9 Å². The lowest BCUT2D eigenvalue weighted by Crippen LogP contribution is -2.04. The number of benzene rings is 1. The minimum absolute atomic E-state index is 0.824. The molecule has 1 atom stereocenters. The van der Waals surface area contributed by atoms with Gasteiger partial charge in [-0.05, 0) is 24.5 Å². The van der Waals surface area contributed by atoms with Crippen LogP contribution in [-0.2, 0) is 0 Å². The smallest absolute Gasteiger partial charge is 0.0170 e. The highest BCUT2D eigenvalue weighted by Gasteiger charge is 2.15. The van der Waals surface area contributed by atoms with Crippen molar-refractivity contribution in [2.24, 2.45) is 5.92 Å². The van der Waals surface area contributed by atoms with E-state index in [4.69, 9.17) is 0 Å². The van der Waals surface area contributed by atoms with Crippen LogP contribution in [0.1, 0.15) is 6.42 Å². The van der Waals surface area contributed by atoms with E-state index in [1.165, 1.54) is 17.1 Å². The van der Waals surface area contributed by atoms with Crippen molar-refractivity contribution in [3.05, 3.63) is 30.3 Å². The zero-order chi connectivity index (χ0) is 8.93. The maximum atomic E-state index is 4.36. The van der Waals surface area contributed by atoms with Gasteiger partial charge in [-0.15, -0.1) is 11.8 Å². The van der Waals surface area contributed by atoms with Crippen molar-refractivity contribution in [1.29, 1.82) is 0 Å². The predicted molar refractivity (Wildman–Crippen MR) is 57.1 cm³/mol. The van der Waals surface area contributed by atoms with Crippen molar-refractivity contribution in [2.75, 3.05) is 18.8 Å². The van der Waals surface area contributed by atoms with Crippen LogP contribution >= 0.6 is 11.8 Å². The lowest BCUT2D eigenvalue weighted by atomic mass is 10.2. The standard InChI is InChI=1S/C11H14NS/c1-2-4-11(5-3-1)13-9-10-6-7-12-8-10/h1-5,10H,6-9H2. The summed E-state index contributed by atoms with van der Waals surface area (Å²) < 4.78 is 0. The Bertz CT molecular complexity index is 242. The fraction of sp³-hybridized carbons (Fsp3) is 0.455. The van der Waals surface area contributed by atoms with E-state index < -0.39 is 0 Å². The van der Waals surface area contributed by atoms with Crippen LogP contribution in [-0.4, -0.2) is 18.8 Å². The molecule has 0 saturated carbocycles. The van der Waals surface area contributed by atoms with Crippen LogP contribution in [0.2, 0.25) is 0 Å². The van der Waals surface area contributed by atoms with Crippen LogP contribution in [0.15, 0.2) is 35.2 Å². The van der Waals surface area contributed by atoms with Crippen molar-refractivity contribution in [3.63, 3.8) is 0 Å². The van der Waals surface area contributed by atoms with Gasteiger partial charge in [-0.2, -0.15) is 0 Å². The molecule has 0 amide bonds. The van der Waals surface area contributed by atoms with E-state index in [1.807, 2.05) is 11.8 Å². The molecule has 2 rings (SSSR count). The second kappa shape index (κ2) is 4.68. The molecule has 1 radical (unpaired) electrons. The summed E-state index contributed by atoms with van der Waals surface area (Å²) in [5.41, 5.74) is 0. The molecule has 69 valence electrons. The summed E-state index contributed by atoms with van der Waals surface area (Å²) in [6.07, 6.45) is 1.29. The van der Waals surface area contributed by atoms with Gasteiger partial charge < -0.3 is 0 Å². The molecule has 1 aromatic carbocycles. The molecule has 0 aromatic heterocycles. The predicted octanol–water partition coefficient (Wildman–Crippen LogP) is 2.40. The highest BCUT2D eigenvalue weighted by Crippen LogP contribution is 2.22. The van der Waals surface area contributed by atoms with Gasteiger partial charge in [-0.25, -0.2) is 5.32 Å². The topological polar surface area (TPSA) is 14.1 Å². The molecule has 0 bridgehead atoms. The van der Waals surface area contributed by atoms with Gasteiger partial charge in [-0.1, -0.05) is 18.2 Å². The number of hydrogen-bond donors (Lipinski definition) is 0. The molecule has 13 heavy (non-hydrogen) atoms. The molecule has 1 aromatic rings. The Hall–Kier alpha value is -0.470. The summed E-state index contributed by atoms with van der Waals surface area (Å²) in [4.78, 5) is 1.38. The van der Waals surface area contributed by atoms with Crippen LogP contribution in [0.4, 0.5) is 0 Å². The Morgan fingerprint density at radius 2 is 2.15 bits per heavy atom. The fourth-order valence-corrected chi connectivity index (χ4v) is 2.56. The van der Waals surface area contributed by atoms with Crippen molar-refractivity contribution >= 4 is 11.8 Å². The SMILES string of the molecule is c1ccc(SCC2CC[N]C2)cc1. The molecule has 0 N–H and O–H groups in total. The van der Waals surface area contributed by atoms with E-state index in [1.54, 1.807) is 0 Å². The average Bonchev–Trinajstić information content (AvgIpc) is 2.69. The molecule has 1 nitrogen and oxygen atoms in total. The third-order valence-electron chi connectivity index (χ3n) is 2.31. The second-order valence-corrected chi connectivity index (χ2v) is 4.50. The molecule has 1 aliphatic heterocycles. The highest BCUT2D eigenvalue weighted by atomic mass is 32.2. The Balaban J connectivity index is 1.79. The summed E-state index contributed by atoms with van der Waals surface area (Å²) >= 11 is 1.96. The van der Waals surface area contributed by atoms with Crippen molar-refractivity contribution in [1.82, 2.24) is 5.32 Å². The fourth-order valence-electron chi connectivity index (χ4n) is 1.51. The molecule has 2 heteroatoms. The van der Waals surface area contributed by atoms with Gasteiger partial charge >= 0.3 is 0 Å². The van der Waals surface area contributed by atoms with E-state index in [-0.39, 0.29) is 0 Å². The third kappa shape index (κ3) is 2.75. The average molecular weight is 192 g/mol. The number of hydrogen-bond acceptors (Lipinski definition) is 1. The largest absolute Gasteiger partial charge is 0.241 e. The van der Waals surface area contributed by atoms with Gasteiger partial charge in [0.1, 0.15) is 0 Å². The quantitative estimate of drug-likeness (QED) is 0.671. The van der Waals surface area contributed by atoms with E-state index in [0.29, 0.717) is 0 Å². The first-order chi connectivity index (χ1) is 6.45. The Kier molecular flexibility index (Phi) is 3.27. The summed E-state index contributed by atoms with van der Waals surface area (Å²) in [5.74, 6) is 2.05. The summed E-state index contributed by atoms with van der Waals surface area (Å²) in [6, 6.07) is 10.6. The molecule has 0 aliphatic carbocycles. The minimum atomic E-state index is 0.824. The van der Waals surface area contributed by atoms with Gasteiger partial charge in [-0.3, -0.25) is 0 Å². The first-order valence-corrected chi connectivity index (χ1v) is 5.75. The normalized spacial score (nSPS) is 22.0. The van der Waals surface area contributed by atoms with E-state index in [9.17, 15) is 0 Å². The maximum absolute atomic E-state index is 4.36. The number of nitrogens with zero attached hydrogens (tertiary/aromatic N) is 1. The monoisotopic (exact) mass is 192 g/mol. The second-order valence-electron chi connectivity index (χ2n) is 3.41. The molecule has 0 spiro atoms. The summed E-state index contributed by atoms with van der Waals surface area (Å²) in [5, 5.41) is 4.36. The van der Waals surface area contributed by atoms with Crippen molar-refractivity contribution in [3.8, 4) is 0 Å². The highest BCUT2D eigenvalue weighted by molar-refractivity contribution is 7.99. The van der Waals surface area contributed by atoms with Gasteiger partial charge in [0.2, 0.25) is 0 Å². The van der Waals surface area contributed by atoms with Gasteiger partial charge in [0.25, 0.3) is 0 Å². The first-order valence-electron chi connectivity index (χ1n) is 4.76. The van der Waals surface area contributed by atoms with Crippen LogP contribution < -0.4 is 5.32 Å². The summed E-state index contributed by atoms with van der Waals surface area (Å²) in [7, 11) is 0. The lowest BCUT2D eigenvalue weighted by Gasteiger charge is -2.06. The zero-order valence-corrected chi connectivity index (χ0v) is 8.46. The molecule has 1 fully saturated rings. The van der Waals surface area contributed by atoms with E-state index >= 15 is 0 Å². The molecule has 1 unspecified atom stereocenters. The van der Waals surface area contributed by atoms with Crippen LogP contribution in [0.25, 0.3) is 0 Å². The van der Waals surface area contributed by atoms with Crippen LogP contribution in [0.3, 0.4) is 0 Å². The number of thioether (sulfide) groups is 1. The van der Waals surface area contributed by atoms with Crippen molar-refractivity contribution in [2.45, 2.75) is 11.3 Å². The maximum Gasteiger partial charge on any atom is 0.0170 e. The van der Waals surface area contributed by atoms with E-state index in [2.05, 4.69) is 35.6 Å². The molecular formula is C11H14NS. The number of rotatable bonds is 3. The summed E-state index contributed by atoms with van der Waals surface area (Å²) in [6.45, 7) is 2.17. The molecule has 1 saturated heterocycles.